The second-order valence-electron chi connectivity index (χ2n) is 6.69. The molecule has 0 bridgehead atoms. The summed E-state index contributed by atoms with van der Waals surface area (Å²) in [6.07, 6.45) is 0.768. The van der Waals surface area contributed by atoms with E-state index in [0.717, 1.165) is 5.46 Å². The maximum absolute atomic E-state index is 12.0. The molecule has 113 valence electrons. The van der Waals surface area contributed by atoms with E-state index in [9.17, 15) is 9.90 Å². The van der Waals surface area contributed by atoms with Crippen LogP contribution >= 0.6 is 0 Å². The summed E-state index contributed by atoms with van der Waals surface area (Å²) in [4.78, 5) is 12.0. The number of aliphatic hydroxyl groups is 1. The molecule has 0 aliphatic heterocycles. The highest BCUT2D eigenvalue weighted by atomic mass is 16.6. The molecule has 5 heteroatoms. The van der Waals surface area contributed by atoms with Crippen molar-refractivity contribution in [2.75, 3.05) is 6.61 Å². The Morgan fingerprint density at radius 3 is 2.71 bits per heavy atom. The molecular formula is C16H23BNO3. The third-order valence-corrected chi connectivity index (χ3v) is 3.73. The molecule has 1 amide bonds. The molecule has 2 rings (SSSR count). The van der Waals surface area contributed by atoms with E-state index in [2.05, 4.69) is 24.7 Å². The highest BCUT2D eigenvalue weighted by Gasteiger charge is 2.39. The largest absolute Gasteiger partial charge is 0.444 e. The van der Waals surface area contributed by atoms with Gasteiger partial charge in [0.15, 0.2) is 0 Å². The molecule has 1 aromatic carbocycles. The lowest BCUT2D eigenvalue weighted by atomic mass is 9.70. The number of amides is 1. The second kappa shape index (κ2) is 5.72. The van der Waals surface area contributed by atoms with Gasteiger partial charge in [-0.25, -0.2) is 4.79 Å². The molecule has 2 N–H and O–H groups in total. The summed E-state index contributed by atoms with van der Waals surface area (Å²) < 4.78 is 5.31. The highest BCUT2D eigenvalue weighted by molar-refractivity contribution is 6.52. The van der Waals surface area contributed by atoms with Gasteiger partial charge < -0.3 is 15.2 Å². The predicted octanol–water partition coefficient (Wildman–Crippen LogP) is 1.42. The van der Waals surface area contributed by atoms with Crippen LogP contribution in [0.1, 0.15) is 31.9 Å². The van der Waals surface area contributed by atoms with Gasteiger partial charge in [0.1, 0.15) is 12.9 Å². The van der Waals surface area contributed by atoms with E-state index in [1.807, 2.05) is 33.7 Å². The van der Waals surface area contributed by atoms with Gasteiger partial charge >= 0.3 is 6.09 Å². The number of rotatable bonds is 3. The molecular weight excluding hydrogens is 265 g/mol. The van der Waals surface area contributed by atoms with Crippen molar-refractivity contribution in [1.29, 1.82) is 0 Å². The molecule has 1 aliphatic rings. The number of ether oxygens (including phenoxy) is 1. The first-order valence-electron chi connectivity index (χ1n) is 7.31. The van der Waals surface area contributed by atoms with Crippen LogP contribution in [0.15, 0.2) is 18.2 Å². The Bertz CT molecular complexity index is 539. The van der Waals surface area contributed by atoms with Crippen LogP contribution < -0.4 is 10.8 Å². The van der Waals surface area contributed by atoms with E-state index < -0.39 is 17.2 Å². The Morgan fingerprint density at radius 2 is 2.14 bits per heavy atom. The summed E-state index contributed by atoms with van der Waals surface area (Å²) >= 11 is 0. The van der Waals surface area contributed by atoms with Gasteiger partial charge in [-0.1, -0.05) is 30.5 Å². The number of hydrogen-bond donors (Lipinski definition) is 2. The number of carbonyl (C=O) groups excluding carboxylic acids is 1. The van der Waals surface area contributed by atoms with Crippen molar-refractivity contribution >= 4 is 18.8 Å². The van der Waals surface area contributed by atoms with Gasteiger partial charge in [0, 0.05) is 0 Å². The Balaban J connectivity index is 2.17. The Morgan fingerprint density at radius 1 is 1.43 bits per heavy atom. The summed E-state index contributed by atoms with van der Waals surface area (Å²) in [6, 6.07) is 6.12. The number of carbonyl (C=O) groups is 1. The van der Waals surface area contributed by atoms with Crippen LogP contribution in [0.2, 0.25) is 6.82 Å². The van der Waals surface area contributed by atoms with E-state index in [0.29, 0.717) is 12.8 Å². The molecule has 1 aromatic rings. The maximum Gasteiger partial charge on any atom is 0.408 e. The van der Waals surface area contributed by atoms with Crippen molar-refractivity contribution in [3.05, 3.63) is 29.3 Å². The topological polar surface area (TPSA) is 58.6 Å². The zero-order valence-corrected chi connectivity index (χ0v) is 13.2. The van der Waals surface area contributed by atoms with Crippen molar-refractivity contribution < 1.29 is 14.6 Å². The first-order valence-corrected chi connectivity index (χ1v) is 7.31. The summed E-state index contributed by atoms with van der Waals surface area (Å²) in [7, 11) is 2.06. The lowest BCUT2D eigenvalue weighted by Gasteiger charge is -2.30. The first kappa shape index (κ1) is 15.9. The van der Waals surface area contributed by atoms with E-state index in [-0.39, 0.29) is 6.61 Å². The fraction of sp³-hybridized carbons (Fsp3) is 0.562. The van der Waals surface area contributed by atoms with Crippen LogP contribution in [0.4, 0.5) is 4.79 Å². The number of fused-ring (bicyclic) bond motifs is 1. The average Bonchev–Trinajstić information content (AvgIpc) is 2.74. The van der Waals surface area contributed by atoms with E-state index in [1.54, 1.807) is 0 Å². The number of hydrogen-bond acceptors (Lipinski definition) is 3. The molecule has 0 aromatic heterocycles. The van der Waals surface area contributed by atoms with Gasteiger partial charge in [0.2, 0.25) is 0 Å². The average molecular weight is 288 g/mol. The third kappa shape index (κ3) is 3.59. The van der Waals surface area contributed by atoms with E-state index >= 15 is 0 Å². The minimum absolute atomic E-state index is 0.107. The van der Waals surface area contributed by atoms with Crippen LogP contribution in [0.25, 0.3) is 0 Å². The van der Waals surface area contributed by atoms with Gasteiger partial charge in [0.25, 0.3) is 0 Å². The number of alkyl carbamates (subject to hydrolysis) is 1. The van der Waals surface area contributed by atoms with Gasteiger partial charge in [0.05, 0.1) is 12.1 Å². The Kier molecular flexibility index (Phi) is 4.33. The van der Waals surface area contributed by atoms with E-state index in [4.69, 9.17) is 4.74 Å². The smallest absolute Gasteiger partial charge is 0.408 e. The van der Waals surface area contributed by atoms with Crippen LogP contribution in [-0.2, 0) is 17.6 Å². The lowest BCUT2D eigenvalue weighted by molar-refractivity contribution is 0.0407. The van der Waals surface area contributed by atoms with Crippen LogP contribution in [0, 0.1) is 0 Å². The van der Waals surface area contributed by atoms with Crippen molar-refractivity contribution in [1.82, 2.24) is 5.32 Å². The zero-order valence-electron chi connectivity index (χ0n) is 13.2. The van der Waals surface area contributed by atoms with Crippen molar-refractivity contribution in [3.8, 4) is 0 Å². The van der Waals surface area contributed by atoms with Crippen molar-refractivity contribution in [2.45, 2.75) is 51.6 Å². The number of benzene rings is 1. The van der Waals surface area contributed by atoms with Gasteiger partial charge in [-0.15, -0.1) is 0 Å². The molecule has 0 fully saturated rings. The molecule has 1 unspecified atom stereocenters. The van der Waals surface area contributed by atoms with Crippen LogP contribution in [-0.4, -0.2) is 36.2 Å². The Hall–Kier alpha value is -1.49. The van der Waals surface area contributed by atoms with Gasteiger partial charge in [-0.05, 0) is 44.7 Å². The predicted molar refractivity (Wildman–Crippen MR) is 84.3 cm³/mol. The SMILES string of the molecule is C[B]c1cccc2c1CC(CO)(NC(=O)OC(C)(C)C)C2. The van der Waals surface area contributed by atoms with Crippen LogP contribution in [0.3, 0.4) is 0 Å². The number of nitrogens with one attached hydrogen (secondary N) is 1. The zero-order chi connectivity index (χ0) is 15.7. The molecule has 0 saturated carbocycles. The minimum Gasteiger partial charge on any atom is -0.444 e. The summed E-state index contributed by atoms with van der Waals surface area (Å²) in [5, 5.41) is 12.7. The molecule has 1 atom stereocenters. The molecule has 21 heavy (non-hydrogen) atoms. The molecule has 0 saturated heterocycles. The first-order chi connectivity index (χ1) is 9.78. The normalized spacial score (nSPS) is 20.8. The fourth-order valence-corrected chi connectivity index (χ4v) is 2.83. The summed E-state index contributed by atoms with van der Waals surface area (Å²) in [5.74, 6) is 0. The Labute approximate surface area is 127 Å². The monoisotopic (exact) mass is 288 g/mol. The third-order valence-electron chi connectivity index (χ3n) is 3.73. The molecule has 4 nitrogen and oxygen atoms in total. The quantitative estimate of drug-likeness (QED) is 0.827. The molecule has 0 spiro atoms. The van der Waals surface area contributed by atoms with Crippen molar-refractivity contribution in [3.63, 3.8) is 0 Å². The van der Waals surface area contributed by atoms with Gasteiger partial charge in [-0.3, -0.25) is 0 Å². The van der Waals surface area contributed by atoms with Gasteiger partial charge in [-0.2, -0.15) is 0 Å². The minimum atomic E-state index is -0.663. The second-order valence-corrected chi connectivity index (χ2v) is 6.69. The molecule has 0 heterocycles. The number of aliphatic hydroxyl groups excluding tert-OH is 1. The maximum atomic E-state index is 12.0. The fourth-order valence-electron chi connectivity index (χ4n) is 2.83. The van der Waals surface area contributed by atoms with E-state index in [1.165, 1.54) is 11.1 Å². The summed E-state index contributed by atoms with van der Waals surface area (Å²) in [5.41, 5.74) is 2.33. The van der Waals surface area contributed by atoms with Crippen LogP contribution in [0.5, 0.6) is 0 Å². The molecule has 1 radical (unpaired) electrons. The molecule has 1 aliphatic carbocycles. The highest BCUT2D eigenvalue weighted by Crippen LogP contribution is 2.29. The lowest BCUT2D eigenvalue weighted by Crippen LogP contribution is -2.53. The van der Waals surface area contributed by atoms with Crippen molar-refractivity contribution in [2.24, 2.45) is 0 Å². The summed E-state index contributed by atoms with van der Waals surface area (Å²) in [6.45, 7) is 7.36. The standard InChI is InChI=1S/C16H23BNO3/c1-15(2,3)21-14(20)18-16(10-19)8-11-6-5-7-13(17-4)12(11)9-16/h5-7,19H,8-10H2,1-4H3,(H,18,20).